The number of fused-ring (bicyclic) bond motifs is 1. The molecule has 1 aromatic carbocycles. The van der Waals surface area contributed by atoms with Crippen molar-refractivity contribution in [1.82, 2.24) is 9.97 Å². The Bertz CT molecular complexity index is 830. The topological polar surface area (TPSA) is 106 Å². The number of ketones is 1. The number of aromatic amines is 1. The Hall–Kier alpha value is -2.48. The van der Waals surface area contributed by atoms with Gasteiger partial charge in [-0.15, -0.1) is 0 Å². The van der Waals surface area contributed by atoms with E-state index in [-0.39, 0.29) is 17.2 Å². The maximum absolute atomic E-state index is 12.2. The number of H-pyrrole nitrogens is 1. The molecule has 1 heterocycles. The molecule has 0 saturated carbocycles. The second kappa shape index (κ2) is 6.33. The van der Waals surface area contributed by atoms with Crippen LogP contribution < -0.4 is 5.69 Å². The van der Waals surface area contributed by atoms with Crippen molar-refractivity contribution in [2.75, 3.05) is 5.75 Å². The maximum Gasteiger partial charge on any atom is 0.346 e. The van der Waals surface area contributed by atoms with Gasteiger partial charge in [-0.05, 0) is 31.4 Å². The van der Waals surface area contributed by atoms with Gasteiger partial charge in [0.05, 0.1) is 10.7 Å². The summed E-state index contributed by atoms with van der Waals surface area (Å²) in [6.07, 6.45) is 2.66. The van der Waals surface area contributed by atoms with Crippen LogP contribution >= 0.6 is 11.8 Å². The van der Waals surface area contributed by atoms with Crippen molar-refractivity contribution in [1.29, 1.82) is 0 Å². The Morgan fingerprint density at radius 1 is 1.30 bits per heavy atom. The van der Waals surface area contributed by atoms with Crippen LogP contribution in [-0.4, -0.2) is 26.4 Å². The van der Waals surface area contributed by atoms with Gasteiger partial charge in [-0.2, -0.15) is 4.98 Å². The Kier molecular flexibility index (Phi) is 4.24. The van der Waals surface area contributed by atoms with E-state index in [1.165, 1.54) is 36.0 Å². The Morgan fingerprint density at radius 3 is 2.74 bits per heavy atom. The summed E-state index contributed by atoms with van der Waals surface area (Å²) in [4.78, 5) is 40.5. The van der Waals surface area contributed by atoms with Gasteiger partial charge in [-0.25, -0.2) is 4.79 Å². The van der Waals surface area contributed by atoms with Gasteiger partial charge < -0.3 is 4.98 Å². The molecule has 1 aromatic heterocycles. The second-order valence-corrected chi connectivity index (χ2v) is 6.14. The SMILES string of the molecule is O=C(CSc1nc(=O)[nH]c2c1CCC2)c1ccc([N+](=O)[O-])cc1. The smallest absolute Gasteiger partial charge is 0.309 e. The number of thioether (sulfide) groups is 1. The van der Waals surface area contributed by atoms with E-state index in [1.807, 2.05) is 0 Å². The van der Waals surface area contributed by atoms with E-state index >= 15 is 0 Å². The minimum atomic E-state index is -0.507. The van der Waals surface area contributed by atoms with Crippen LogP contribution in [0.4, 0.5) is 5.69 Å². The molecule has 118 valence electrons. The molecule has 0 aliphatic heterocycles. The molecule has 1 aliphatic rings. The van der Waals surface area contributed by atoms with E-state index in [9.17, 15) is 19.7 Å². The van der Waals surface area contributed by atoms with E-state index in [0.717, 1.165) is 30.5 Å². The molecule has 0 bridgehead atoms. The summed E-state index contributed by atoms with van der Waals surface area (Å²) >= 11 is 1.24. The quantitative estimate of drug-likeness (QED) is 0.296. The number of nitro groups is 1. The minimum Gasteiger partial charge on any atom is -0.309 e. The van der Waals surface area contributed by atoms with Gasteiger partial charge in [-0.3, -0.25) is 14.9 Å². The first kappa shape index (κ1) is 15.4. The zero-order chi connectivity index (χ0) is 16.4. The fourth-order valence-electron chi connectivity index (χ4n) is 2.54. The first-order valence-electron chi connectivity index (χ1n) is 7.07. The van der Waals surface area contributed by atoms with Crippen LogP contribution in [0.25, 0.3) is 0 Å². The number of hydrogen-bond donors (Lipinski definition) is 1. The third kappa shape index (κ3) is 3.31. The lowest BCUT2D eigenvalue weighted by Crippen LogP contribution is -2.15. The van der Waals surface area contributed by atoms with Crippen LogP contribution in [0, 0.1) is 10.1 Å². The number of Topliss-reactive ketones (excluding diaryl/α,β-unsaturated/α-hetero) is 1. The van der Waals surface area contributed by atoms with Crippen LogP contribution in [0.3, 0.4) is 0 Å². The number of hydrogen-bond acceptors (Lipinski definition) is 6. The average molecular weight is 331 g/mol. The molecule has 0 amide bonds. The van der Waals surface area contributed by atoms with Crippen molar-refractivity contribution in [3.63, 3.8) is 0 Å². The number of nitrogens with zero attached hydrogens (tertiary/aromatic N) is 2. The highest BCUT2D eigenvalue weighted by Gasteiger charge is 2.19. The van der Waals surface area contributed by atoms with Crippen molar-refractivity contribution in [3.8, 4) is 0 Å². The van der Waals surface area contributed by atoms with Gasteiger partial charge in [0, 0.05) is 29.0 Å². The summed E-state index contributed by atoms with van der Waals surface area (Å²) in [6, 6.07) is 5.50. The predicted molar refractivity (Wildman–Crippen MR) is 85.0 cm³/mol. The first-order valence-corrected chi connectivity index (χ1v) is 8.05. The molecule has 0 radical (unpaired) electrons. The fraction of sp³-hybridized carbons (Fsp3) is 0.267. The van der Waals surface area contributed by atoms with E-state index in [2.05, 4.69) is 9.97 Å². The Labute approximate surface area is 135 Å². The molecule has 0 fully saturated rings. The van der Waals surface area contributed by atoms with Crippen LogP contribution in [0.15, 0.2) is 34.1 Å². The van der Waals surface area contributed by atoms with E-state index in [1.54, 1.807) is 0 Å². The largest absolute Gasteiger partial charge is 0.346 e. The fourth-order valence-corrected chi connectivity index (χ4v) is 3.52. The van der Waals surface area contributed by atoms with Crippen LogP contribution in [0.1, 0.15) is 28.0 Å². The van der Waals surface area contributed by atoms with Crippen molar-refractivity contribution in [2.24, 2.45) is 0 Å². The molecular weight excluding hydrogens is 318 g/mol. The third-order valence-corrected chi connectivity index (χ3v) is 4.69. The van der Waals surface area contributed by atoms with Crippen molar-refractivity contribution >= 4 is 23.2 Å². The number of non-ortho nitro benzene ring substituents is 1. The lowest BCUT2D eigenvalue weighted by molar-refractivity contribution is -0.384. The molecule has 8 heteroatoms. The Morgan fingerprint density at radius 2 is 2.04 bits per heavy atom. The normalized spacial score (nSPS) is 12.9. The summed E-state index contributed by atoms with van der Waals surface area (Å²) in [5, 5.41) is 11.2. The number of aromatic nitrogens is 2. The molecule has 7 nitrogen and oxygen atoms in total. The summed E-state index contributed by atoms with van der Waals surface area (Å²) < 4.78 is 0. The number of rotatable bonds is 5. The predicted octanol–water partition coefficient (Wildman–Crippen LogP) is 2.14. The van der Waals surface area contributed by atoms with Crippen LogP contribution in [-0.2, 0) is 12.8 Å². The van der Waals surface area contributed by atoms with Crippen molar-refractivity contribution < 1.29 is 9.72 Å². The molecule has 0 atom stereocenters. The van der Waals surface area contributed by atoms with Gasteiger partial charge in [0.2, 0.25) is 0 Å². The average Bonchev–Trinajstić information content (AvgIpc) is 3.00. The lowest BCUT2D eigenvalue weighted by Gasteiger charge is -2.06. The zero-order valence-corrected chi connectivity index (χ0v) is 12.9. The van der Waals surface area contributed by atoms with Gasteiger partial charge >= 0.3 is 5.69 Å². The number of aryl methyl sites for hydroxylation is 1. The van der Waals surface area contributed by atoms with E-state index in [4.69, 9.17) is 0 Å². The van der Waals surface area contributed by atoms with Crippen LogP contribution in [0.2, 0.25) is 0 Å². The summed E-state index contributed by atoms with van der Waals surface area (Å²) in [7, 11) is 0. The molecule has 23 heavy (non-hydrogen) atoms. The lowest BCUT2D eigenvalue weighted by atomic mass is 10.1. The van der Waals surface area contributed by atoms with Gasteiger partial charge in [0.1, 0.15) is 5.03 Å². The van der Waals surface area contributed by atoms with E-state index < -0.39 is 10.6 Å². The highest BCUT2D eigenvalue weighted by Crippen LogP contribution is 2.28. The molecule has 0 unspecified atom stereocenters. The van der Waals surface area contributed by atoms with Crippen molar-refractivity contribution in [3.05, 3.63) is 61.7 Å². The molecule has 1 aliphatic carbocycles. The molecule has 0 saturated heterocycles. The van der Waals surface area contributed by atoms with Gasteiger partial charge in [-0.1, -0.05) is 11.8 Å². The second-order valence-electron chi connectivity index (χ2n) is 5.17. The number of carbonyl (C=O) groups excluding carboxylic acids is 1. The maximum atomic E-state index is 12.2. The first-order chi connectivity index (χ1) is 11.0. The molecule has 3 rings (SSSR count). The highest BCUT2D eigenvalue weighted by atomic mass is 32.2. The minimum absolute atomic E-state index is 0.0525. The van der Waals surface area contributed by atoms with Gasteiger partial charge in [0.25, 0.3) is 5.69 Å². The van der Waals surface area contributed by atoms with Gasteiger partial charge in [0.15, 0.2) is 5.78 Å². The third-order valence-electron chi connectivity index (χ3n) is 3.68. The molecule has 0 spiro atoms. The number of benzene rings is 1. The summed E-state index contributed by atoms with van der Waals surface area (Å²) in [5.74, 6) is -0.0144. The number of nitro benzene ring substituents is 1. The van der Waals surface area contributed by atoms with Crippen molar-refractivity contribution in [2.45, 2.75) is 24.3 Å². The standard InChI is InChI=1S/C15H13N3O4S/c19-13(9-4-6-10(7-5-9)18(21)22)8-23-14-11-2-1-3-12(11)16-15(20)17-14/h4-7H,1-3,8H2,(H,16,17,20). The molecular formula is C15H13N3O4S. The monoisotopic (exact) mass is 331 g/mol. The zero-order valence-electron chi connectivity index (χ0n) is 12.1. The molecule has 1 N–H and O–H groups in total. The summed E-state index contributed by atoms with van der Waals surface area (Å²) in [6.45, 7) is 0. The number of carbonyl (C=O) groups is 1. The highest BCUT2D eigenvalue weighted by molar-refractivity contribution is 8.00. The Balaban J connectivity index is 1.72. The van der Waals surface area contributed by atoms with E-state index in [0.29, 0.717) is 10.6 Å². The number of nitrogens with one attached hydrogen (secondary N) is 1. The van der Waals surface area contributed by atoms with Crippen LogP contribution in [0.5, 0.6) is 0 Å². The molecule has 2 aromatic rings. The summed E-state index contributed by atoms with van der Waals surface area (Å²) in [5.41, 5.74) is 1.89.